The largest absolute Gasteiger partial charge is 0.468 e. The number of rotatable bonds is 9. The van der Waals surface area contributed by atoms with Crippen LogP contribution in [0.15, 0.2) is 0 Å². The van der Waals surface area contributed by atoms with Gasteiger partial charge < -0.3 is 29.7 Å². The monoisotopic (exact) mass is 361 g/mol. The lowest BCUT2D eigenvalue weighted by molar-refractivity contribution is -0.147. The van der Waals surface area contributed by atoms with Crippen molar-refractivity contribution >= 4 is 23.9 Å². The van der Waals surface area contributed by atoms with Crippen LogP contribution in [0.25, 0.3) is 0 Å². The molecule has 0 saturated carbocycles. The molecule has 0 aromatic carbocycles. The summed E-state index contributed by atoms with van der Waals surface area (Å²) in [5.74, 6) is -1.63. The average molecular weight is 361 g/mol. The highest BCUT2D eigenvalue weighted by Gasteiger charge is 2.19. The van der Waals surface area contributed by atoms with Crippen LogP contribution in [0.5, 0.6) is 0 Å². The lowest BCUT2D eigenvalue weighted by Gasteiger charge is -2.21. The quantitative estimate of drug-likeness (QED) is 0.519. The third-order valence-corrected chi connectivity index (χ3v) is 2.69. The van der Waals surface area contributed by atoms with E-state index in [0.29, 0.717) is 0 Å². The third kappa shape index (κ3) is 11.8. The fraction of sp³-hybridized carbons (Fsp3) is 0.733. The van der Waals surface area contributed by atoms with Crippen LogP contribution >= 0.6 is 0 Å². The predicted octanol–water partition coefficient (Wildman–Crippen LogP) is -0.725. The number of carbonyl (C=O) groups excluding carboxylic acids is 4. The van der Waals surface area contributed by atoms with E-state index in [1.165, 1.54) is 19.1 Å². The Bertz CT molecular complexity index is 474. The van der Waals surface area contributed by atoms with E-state index in [1.54, 1.807) is 20.8 Å². The van der Waals surface area contributed by atoms with Gasteiger partial charge in [-0.15, -0.1) is 0 Å². The zero-order valence-electron chi connectivity index (χ0n) is 15.3. The van der Waals surface area contributed by atoms with E-state index in [-0.39, 0.29) is 32.8 Å². The maximum absolute atomic E-state index is 12.1. The lowest BCUT2D eigenvalue weighted by atomic mass is 10.2. The van der Waals surface area contributed by atoms with Gasteiger partial charge in [-0.2, -0.15) is 0 Å². The zero-order valence-corrected chi connectivity index (χ0v) is 15.3. The van der Waals surface area contributed by atoms with Crippen LogP contribution < -0.4 is 10.6 Å². The van der Waals surface area contributed by atoms with Crippen LogP contribution in [0.2, 0.25) is 0 Å². The predicted molar refractivity (Wildman–Crippen MR) is 87.7 cm³/mol. The Kier molecular flexibility index (Phi) is 10.2. The van der Waals surface area contributed by atoms with Crippen molar-refractivity contribution < 1.29 is 33.4 Å². The first-order valence-electron chi connectivity index (χ1n) is 7.66. The number of hydrogen-bond acceptors (Lipinski definition) is 7. The van der Waals surface area contributed by atoms with E-state index in [9.17, 15) is 19.2 Å². The first kappa shape index (κ1) is 22.6. The summed E-state index contributed by atoms with van der Waals surface area (Å²) in [7, 11) is 2.68. The maximum atomic E-state index is 12.1. The molecule has 0 radical (unpaired) electrons. The Hall–Kier alpha value is -2.36. The number of ether oxygens (including phenoxy) is 3. The average Bonchev–Trinajstić information content (AvgIpc) is 2.52. The minimum absolute atomic E-state index is 0.177. The van der Waals surface area contributed by atoms with Gasteiger partial charge in [-0.05, 0) is 20.8 Å². The highest BCUT2D eigenvalue weighted by atomic mass is 16.6. The fourth-order valence-corrected chi connectivity index (χ4v) is 1.53. The van der Waals surface area contributed by atoms with Crippen LogP contribution in [0.4, 0.5) is 4.79 Å². The smallest absolute Gasteiger partial charge is 0.408 e. The number of alkyl carbamates (subject to hydrolysis) is 1. The summed E-state index contributed by atoms with van der Waals surface area (Å²) in [6, 6.07) is 0. The molecule has 0 atom stereocenters. The van der Waals surface area contributed by atoms with Gasteiger partial charge in [0, 0.05) is 13.7 Å². The van der Waals surface area contributed by atoms with Crippen LogP contribution in [0.3, 0.4) is 0 Å². The number of amides is 3. The summed E-state index contributed by atoms with van der Waals surface area (Å²) in [6.07, 6.45) is -0.735. The molecule has 0 bridgehead atoms. The van der Waals surface area contributed by atoms with E-state index in [1.807, 2.05) is 0 Å². The van der Waals surface area contributed by atoms with Gasteiger partial charge in [-0.1, -0.05) is 0 Å². The molecular weight excluding hydrogens is 334 g/mol. The number of methoxy groups -OCH3 is 2. The van der Waals surface area contributed by atoms with E-state index in [0.717, 1.165) is 0 Å². The Morgan fingerprint density at radius 1 is 1.00 bits per heavy atom. The molecule has 0 aliphatic heterocycles. The highest BCUT2D eigenvalue weighted by Crippen LogP contribution is 2.05. The Balaban J connectivity index is 4.31. The summed E-state index contributed by atoms with van der Waals surface area (Å²) in [4.78, 5) is 47.7. The van der Waals surface area contributed by atoms with Crippen molar-refractivity contribution in [2.75, 3.05) is 47.0 Å². The van der Waals surface area contributed by atoms with Crippen molar-refractivity contribution in [1.29, 1.82) is 0 Å². The van der Waals surface area contributed by atoms with Gasteiger partial charge in [0.1, 0.15) is 18.7 Å². The number of nitrogens with one attached hydrogen (secondary N) is 2. The van der Waals surface area contributed by atoms with Gasteiger partial charge >= 0.3 is 12.1 Å². The van der Waals surface area contributed by atoms with Crippen molar-refractivity contribution in [1.82, 2.24) is 15.5 Å². The summed E-state index contributed by atoms with van der Waals surface area (Å²) in [5, 5.41) is 4.63. The number of esters is 1. The number of carbonyl (C=O) groups is 4. The number of nitrogens with zero attached hydrogens (tertiary/aromatic N) is 1. The zero-order chi connectivity index (χ0) is 19.5. The van der Waals surface area contributed by atoms with Crippen molar-refractivity contribution in [3.8, 4) is 0 Å². The van der Waals surface area contributed by atoms with Gasteiger partial charge in [-0.3, -0.25) is 14.4 Å². The van der Waals surface area contributed by atoms with Gasteiger partial charge in [-0.25, -0.2) is 4.79 Å². The van der Waals surface area contributed by atoms with Crippen LogP contribution in [-0.2, 0) is 28.6 Å². The molecule has 25 heavy (non-hydrogen) atoms. The second-order valence-electron chi connectivity index (χ2n) is 6.02. The van der Waals surface area contributed by atoms with E-state index in [2.05, 4.69) is 15.4 Å². The minimum Gasteiger partial charge on any atom is -0.468 e. The molecule has 3 amide bonds. The van der Waals surface area contributed by atoms with Crippen LogP contribution in [-0.4, -0.2) is 81.4 Å². The van der Waals surface area contributed by atoms with Gasteiger partial charge in [0.25, 0.3) is 0 Å². The van der Waals surface area contributed by atoms with Crippen molar-refractivity contribution in [3.05, 3.63) is 0 Å². The maximum Gasteiger partial charge on any atom is 0.408 e. The van der Waals surface area contributed by atoms with E-state index < -0.39 is 29.5 Å². The Labute approximate surface area is 147 Å². The standard InChI is InChI=1S/C15H27N3O7/c1-15(2,3)25-14(22)17-8-11(19)16-9-12(20)18(6-7-23-4)10-13(21)24-5/h6-10H2,1-5H3,(H,16,19)(H,17,22). The summed E-state index contributed by atoms with van der Waals surface area (Å²) < 4.78 is 14.4. The molecule has 10 nitrogen and oxygen atoms in total. The molecule has 0 aromatic heterocycles. The molecule has 2 N–H and O–H groups in total. The summed E-state index contributed by atoms with van der Waals surface area (Å²) in [6.45, 7) is 4.59. The molecule has 0 rings (SSSR count). The molecule has 0 saturated heterocycles. The summed E-state index contributed by atoms with van der Waals surface area (Å²) in [5.41, 5.74) is -0.674. The molecule has 0 fully saturated rings. The van der Waals surface area contributed by atoms with Crippen molar-refractivity contribution in [2.45, 2.75) is 26.4 Å². The third-order valence-electron chi connectivity index (χ3n) is 2.69. The summed E-state index contributed by atoms with van der Waals surface area (Å²) >= 11 is 0. The van der Waals surface area contributed by atoms with E-state index >= 15 is 0 Å². The number of hydrogen-bond donors (Lipinski definition) is 2. The molecule has 0 aliphatic carbocycles. The van der Waals surface area contributed by atoms with E-state index in [4.69, 9.17) is 9.47 Å². The molecule has 144 valence electrons. The minimum atomic E-state index is -0.735. The molecule has 0 spiro atoms. The van der Waals surface area contributed by atoms with Gasteiger partial charge in [0.05, 0.1) is 20.3 Å². The van der Waals surface area contributed by atoms with Crippen LogP contribution in [0, 0.1) is 0 Å². The Morgan fingerprint density at radius 3 is 2.16 bits per heavy atom. The Morgan fingerprint density at radius 2 is 1.64 bits per heavy atom. The molecule has 0 heterocycles. The van der Waals surface area contributed by atoms with Crippen molar-refractivity contribution in [2.24, 2.45) is 0 Å². The molecule has 0 unspecified atom stereocenters. The second-order valence-corrected chi connectivity index (χ2v) is 6.02. The second kappa shape index (κ2) is 11.2. The normalized spacial score (nSPS) is 10.6. The fourth-order valence-electron chi connectivity index (χ4n) is 1.53. The first-order valence-corrected chi connectivity index (χ1v) is 7.66. The van der Waals surface area contributed by atoms with Crippen LogP contribution in [0.1, 0.15) is 20.8 Å². The van der Waals surface area contributed by atoms with Gasteiger partial charge in [0.2, 0.25) is 11.8 Å². The molecule has 10 heteroatoms. The van der Waals surface area contributed by atoms with Crippen molar-refractivity contribution in [3.63, 3.8) is 0 Å². The molecule has 0 aliphatic rings. The topological polar surface area (TPSA) is 123 Å². The molecule has 0 aromatic rings. The van der Waals surface area contributed by atoms with Gasteiger partial charge in [0.15, 0.2) is 0 Å². The SMILES string of the molecule is COCCN(CC(=O)OC)C(=O)CNC(=O)CNC(=O)OC(C)(C)C. The lowest BCUT2D eigenvalue weighted by Crippen LogP contribution is -2.46. The highest BCUT2D eigenvalue weighted by molar-refractivity contribution is 5.88. The first-order chi connectivity index (χ1) is 11.6. The molecular formula is C15H27N3O7.